The molecule has 2 aromatic carbocycles. The van der Waals surface area contributed by atoms with Gasteiger partial charge in [-0.25, -0.2) is 9.37 Å². The molecule has 0 amide bonds. The number of fused-ring (bicyclic) bond motifs is 1. The Labute approximate surface area is 232 Å². The summed E-state index contributed by atoms with van der Waals surface area (Å²) in [5.74, 6) is 1.08. The first-order chi connectivity index (χ1) is 18.1. The number of rotatable bonds is 11. The van der Waals surface area contributed by atoms with Crippen LogP contribution in [0.3, 0.4) is 0 Å². The lowest BCUT2D eigenvalue weighted by Gasteiger charge is -2.24. The third-order valence-corrected chi connectivity index (χ3v) is 8.24. The van der Waals surface area contributed by atoms with Crippen LogP contribution in [0.2, 0.25) is 0 Å². The predicted octanol–water partition coefficient (Wildman–Crippen LogP) is 9.29. The highest BCUT2D eigenvalue weighted by Gasteiger charge is 2.23. The first-order valence-corrected chi connectivity index (χ1v) is 14.4. The number of nitrogens with zero attached hydrogens (tertiary/aromatic N) is 1. The fourth-order valence-corrected chi connectivity index (χ4v) is 5.50. The van der Waals surface area contributed by atoms with Crippen molar-refractivity contribution in [1.82, 2.24) is 9.97 Å². The molecule has 0 spiro atoms. The molecule has 0 fully saturated rings. The second-order valence-corrected chi connectivity index (χ2v) is 11.2. The molecule has 1 aromatic heterocycles. The van der Waals surface area contributed by atoms with Gasteiger partial charge in [0.05, 0.1) is 12.1 Å². The van der Waals surface area contributed by atoms with E-state index >= 15 is 4.39 Å². The van der Waals surface area contributed by atoms with Crippen molar-refractivity contribution in [3.05, 3.63) is 56.6 Å². The largest absolute Gasteiger partial charge is 0.392 e. The first kappa shape index (κ1) is 30.0. The molecule has 0 aliphatic rings. The summed E-state index contributed by atoms with van der Waals surface area (Å²) in [5.41, 5.74) is 7.92. The summed E-state index contributed by atoms with van der Waals surface area (Å²) in [6, 6.07) is 5.62. The SMILES string of the molecule is CCc1c(-c2c(F)ccc(C)c2C(C)=C(C)C)cc2[nH]c(=S)nc(NC(CC)CCC(C)CC)c2c1CO. The average molecular weight is 538 g/mol. The Morgan fingerprint density at radius 3 is 2.39 bits per heavy atom. The third kappa shape index (κ3) is 6.18. The molecule has 0 saturated carbocycles. The van der Waals surface area contributed by atoms with Gasteiger partial charge < -0.3 is 15.4 Å². The topological polar surface area (TPSA) is 60.9 Å². The molecule has 2 unspecified atom stereocenters. The van der Waals surface area contributed by atoms with Crippen molar-refractivity contribution < 1.29 is 9.50 Å². The molecule has 0 aliphatic heterocycles. The second kappa shape index (κ2) is 13.0. The van der Waals surface area contributed by atoms with Crippen molar-refractivity contribution in [3.8, 4) is 11.1 Å². The van der Waals surface area contributed by atoms with E-state index in [1.165, 1.54) is 0 Å². The molecular formula is C32H44FN3OS. The van der Waals surface area contributed by atoms with Crippen LogP contribution < -0.4 is 5.32 Å². The van der Waals surface area contributed by atoms with Crippen molar-refractivity contribution in [2.24, 2.45) is 5.92 Å². The minimum atomic E-state index is -0.272. The van der Waals surface area contributed by atoms with E-state index in [0.29, 0.717) is 28.5 Å². The smallest absolute Gasteiger partial charge is 0.199 e. The maximum Gasteiger partial charge on any atom is 0.199 e. The van der Waals surface area contributed by atoms with Gasteiger partial charge in [-0.3, -0.25) is 0 Å². The first-order valence-electron chi connectivity index (χ1n) is 14.0. The van der Waals surface area contributed by atoms with Crippen LogP contribution in [0.5, 0.6) is 0 Å². The lowest BCUT2D eigenvalue weighted by atomic mass is 9.84. The monoisotopic (exact) mass is 537 g/mol. The van der Waals surface area contributed by atoms with Gasteiger partial charge >= 0.3 is 0 Å². The molecule has 2 atom stereocenters. The Morgan fingerprint density at radius 2 is 1.82 bits per heavy atom. The minimum absolute atomic E-state index is 0.178. The highest BCUT2D eigenvalue weighted by Crippen LogP contribution is 2.41. The lowest BCUT2D eigenvalue weighted by Crippen LogP contribution is -2.21. The Balaban J connectivity index is 2.33. The highest BCUT2D eigenvalue weighted by molar-refractivity contribution is 7.71. The van der Waals surface area contributed by atoms with E-state index in [9.17, 15) is 5.11 Å². The number of halogens is 1. The number of aliphatic hydroxyl groups excluding tert-OH is 1. The number of benzene rings is 2. The molecule has 0 bridgehead atoms. The van der Waals surface area contributed by atoms with Gasteiger partial charge in [-0.05, 0) is 117 Å². The number of hydrogen-bond acceptors (Lipinski definition) is 4. The van der Waals surface area contributed by atoms with E-state index in [-0.39, 0.29) is 18.5 Å². The Morgan fingerprint density at radius 1 is 1.11 bits per heavy atom. The molecule has 6 heteroatoms. The fraction of sp³-hybridized carbons (Fsp3) is 0.500. The van der Waals surface area contributed by atoms with Crippen LogP contribution in [0.15, 0.2) is 23.8 Å². The van der Waals surface area contributed by atoms with Crippen molar-refractivity contribution in [2.75, 3.05) is 5.32 Å². The van der Waals surface area contributed by atoms with Gasteiger partial charge in [-0.1, -0.05) is 45.8 Å². The Kier molecular flexibility index (Phi) is 10.2. The summed E-state index contributed by atoms with van der Waals surface area (Å²) in [5, 5.41) is 15.2. The zero-order valence-corrected chi connectivity index (χ0v) is 25.1. The molecule has 3 aromatic rings. The number of aryl methyl sites for hydroxylation is 1. The molecule has 1 heterocycles. The molecule has 0 aliphatic carbocycles. The zero-order valence-electron chi connectivity index (χ0n) is 24.3. The normalized spacial score (nSPS) is 13.0. The number of aromatic amines is 1. The maximum absolute atomic E-state index is 15.7. The molecular weight excluding hydrogens is 493 g/mol. The van der Waals surface area contributed by atoms with E-state index in [2.05, 4.69) is 56.8 Å². The van der Waals surface area contributed by atoms with Crippen LogP contribution in [-0.2, 0) is 13.0 Å². The lowest BCUT2D eigenvalue weighted by molar-refractivity contribution is 0.282. The van der Waals surface area contributed by atoms with Crippen molar-refractivity contribution in [1.29, 1.82) is 0 Å². The van der Waals surface area contributed by atoms with E-state index in [1.807, 2.05) is 26.0 Å². The van der Waals surface area contributed by atoms with Crippen LogP contribution >= 0.6 is 12.2 Å². The number of H-pyrrole nitrogens is 1. The van der Waals surface area contributed by atoms with Crippen LogP contribution in [-0.4, -0.2) is 21.1 Å². The second-order valence-electron chi connectivity index (χ2n) is 10.8. The van der Waals surface area contributed by atoms with Gasteiger partial charge in [0.1, 0.15) is 11.6 Å². The number of hydrogen-bond donors (Lipinski definition) is 3. The number of anilines is 1. The van der Waals surface area contributed by atoms with E-state index < -0.39 is 0 Å². The molecule has 3 N–H and O–H groups in total. The minimum Gasteiger partial charge on any atom is -0.392 e. The summed E-state index contributed by atoms with van der Waals surface area (Å²) in [6.45, 7) is 16.7. The molecule has 0 radical (unpaired) electrons. The van der Waals surface area contributed by atoms with Crippen molar-refractivity contribution in [3.63, 3.8) is 0 Å². The summed E-state index contributed by atoms with van der Waals surface area (Å²) >= 11 is 5.54. The summed E-state index contributed by atoms with van der Waals surface area (Å²) in [4.78, 5) is 7.92. The van der Waals surface area contributed by atoms with Gasteiger partial charge in [0.15, 0.2) is 4.77 Å². The Bertz CT molecular complexity index is 1390. The standard InChI is InChI=1S/C32H44FN3OS/c1-9-19(6)12-14-22(10-2)34-31-30-25(17-37)23(11-3)24(16-27(30)35-32(38)36-31)29-26(33)15-13-20(7)28(29)21(8)18(4)5/h13,15-16,19,22,37H,9-12,14,17H2,1-8H3,(H2,34,35,36,38). The van der Waals surface area contributed by atoms with Gasteiger partial charge in [-0.2, -0.15) is 0 Å². The average Bonchev–Trinajstić information content (AvgIpc) is 2.89. The zero-order chi connectivity index (χ0) is 28.1. The predicted molar refractivity (Wildman–Crippen MR) is 163 cm³/mol. The maximum atomic E-state index is 15.7. The number of nitrogens with one attached hydrogen (secondary N) is 2. The third-order valence-electron chi connectivity index (χ3n) is 8.05. The molecule has 206 valence electrons. The summed E-state index contributed by atoms with van der Waals surface area (Å²) < 4.78 is 16.1. The number of allylic oxidation sites excluding steroid dienone is 2. The van der Waals surface area contributed by atoms with Crippen LogP contribution in [0.4, 0.5) is 10.2 Å². The van der Waals surface area contributed by atoms with E-state index in [1.54, 1.807) is 6.07 Å². The van der Waals surface area contributed by atoms with Gasteiger partial charge in [0.2, 0.25) is 0 Å². The van der Waals surface area contributed by atoms with Crippen molar-refractivity contribution in [2.45, 2.75) is 100 Å². The van der Waals surface area contributed by atoms with E-state index in [0.717, 1.165) is 75.5 Å². The summed E-state index contributed by atoms with van der Waals surface area (Å²) in [7, 11) is 0. The number of aromatic nitrogens is 2. The highest BCUT2D eigenvalue weighted by atomic mass is 32.1. The Hall–Kier alpha value is -2.57. The van der Waals surface area contributed by atoms with Crippen molar-refractivity contribution >= 4 is 34.5 Å². The summed E-state index contributed by atoms with van der Waals surface area (Å²) in [6.07, 6.45) is 4.93. The molecule has 4 nitrogen and oxygen atoms in total. The van der Waals surface area contributed by atoms with Crippen LogP contribution in [0, 0.1) is 23.4 Å². The van der Waals surface area contributed by atoms with Crippen LogP contribution in [0.25, 0.3) is 27.6 Å². The number of aliphatic hydroxyl groups is 1. The molecule has 3 rings (SSSR count). The van der Waals surface area contributed by atoms with Gasteiger partial charge in [-0.15, -0.1) is 0 Å². The molecule has 38 heavy (non-hydrogen) atoms. The van der Waals surface area contributed by atoms with Crippen LogP contribution in [0.1, 0.15) is 96.4 Å². The van der Waals surface area contributed by atoms with Gasteiger partial charge in [0.25, 0.3) is 0 Å². The van der Waals surface area contributed by atoms with E-state index in [4.69, 9.17) is 12.2 Å². The fourth-order valence-electron chi connectivity index (χ4n) is 5.29. The quantitative estimate of drug-likeness (QED) is 0.213. The van der Waals surface area contributed by atoms with Gasteiger partial charge in [0, 0.05) is 17.0 Å². The molecule has 0 saturated heterocycles.